The summed E-state index contributed by atoms with van der Waals surface area (Å²) in [5.74, 6) is 0.474. The molecule has 2 N–H and O–H groups in total. The Labute approximate surface area is 154 Å². The van der Waals surface area contributed by atoms with Gasteiger partial charge in [0.25, 0.3) is 0 Å². The number of fused-ring (bicyclic) bond motifs is 1. The van der Waals surface area contributed by atoms with E-state index in [1.54, 1.807) is 16.7 Å². The molecule has 0 atom stereocenters. The Bertz CT molecular complexity index is 1250. The number of nitriles is 1. The number of aryl methyl sites for hydroxylation is 1. The lowest BCUT2D eigenvalue weighted by molar-refractivity contribution is 0.476. The van der Waals surface area contributed by atoms with Gasteiger partial charge in [-0.2, -0.15) is 10.4 Å². The van der Waals surface area contributed by atoms with Crippen molar-refractivity contribution >= 4 is 23.0 Å². The van der Waals surface area contributed by atoms with Crippen LogP contribution in [-0.4, -0.2) is 19.9 Å². The Morgan fingerprint density at radius 3 is 2.62 bits per heavy atom. The van der Waals surface area contributed by atoms with E-state index in [0.717, 1.165) is 16.5 Å². The third kappa shape index (κ3) is 2.46. The van der Waals surface area contributed by atoms with Crippen molar-refractivity contribution in [2.24, 2.45) is 0 Å². The zero-order valence-corrected chi connectivity index (χ0v) is 14.7. The van der Waals surface area contributed by atoms with E-state index < -0.39 is 0 Å². The molecule has 0 fully saturated rings. The van der Waals surface area contributed by atoms with Gasteiger partial charge < -0.3 is 5.11 Å². The van der Waals surface area contributed by atoms with Crippen LogP contribution in [0.4, 0.5) is 0 Å². The zero-order chi connectivity index (χ0) is 18.3. The molecule has 6 heteroatoms. The van der Waals surface area contributed by atoms with Gasteiger partial charge in [-0.3, -0.25) is 9.67 Å². The molecular weight excluding hydrogens is 344 g/mol. The van der Waals surface area contributed by atoms with Gasteiger partial charge in [-0.15, -0.1) is 0 Å². The van der Waals surface area contributed by atoms with E-state index in [4.69, 9.17) is 17.5 Å². The summed E-state index contributed by atoms with van der Waals surface area (Å²) in [5.41, 5.74) is 2.93. The first kappa shape index (κ1) is 16.1. The molecule has 3 aromatic carbocycles. The van der Waals surface area contributed by atoms with Gasteiger partial charge in [0.05, 0.1) is 22.9 Å². The first-order valence-electron chi connectivity index (χ1n) is 8.00. The molecule has 0 radical (unpaired) electrons. The molecule has 0 amide bonds. The number of nitrogens with one attached hydrogen (secondary N) is 1. The van der Waals surface area contributed by atoms with E-state index >= 15 is 0 Å². The Morgan fingerprint density at radius 2 is 1.88 bits per heavy atom. The second-order valence-corrected chi connectivity index (χ2v) is 6.37. The van der Waals surface area contributed by atoms with Crippen molar-refractivity contribution in [3.8, 4) is 28.9 Å². The van der Waals surface area contributed by atoms with Crippen LogP contribution in [0, 0.1) is 23.0 Å². The molecule has 0 aliphatic heterocycles. The normalized spacial score (nSPS) is 10.8. The minimum absolute atomic E-state index is 0.0179. The second kappa shape index (κ2) is 6.14. The van der Waals surface area contributed by atoms with Gasteiger partial charge >= 0.3 is 0 Å². The summed E-state index contributed by atoms with van der Waals surface area (Å²) < 4.78 is 2.23. The van der Waals surface area contributed by atoms with E-state index in [1.807, 2.05) is 36.4 Å². The minimum atomic E-state index is -0.0179. The number of hydrogen-bond donors (Lipinski definition) is 2. The number of aromatic amines is 1. The fraction of sp³-hybridized carbons (Fsp3) is 0.0500. The average Bonchev–Trinajstić information content (AvgIpc) is 3.03. The topological polar surface area (TPSA) is 77.6 Å². The van der Waals surface area contributed by atoms with Gasteiger partial charge in [-0.25, -0.2) is 0 Å². The van der Waals surface area contributed by atoms with Gasteiger partial charge in [-0.1, -0.05) is 30.3 Å². The predicted octanol–water partition coefficient (Wildman–Crippen LogP) is 4.64. The highest BCUT2D eigenvalue weighted by molar-refractivity contribution is 7.71. The Hall–Kier alpha value is -3.43. The Balaban J connectivity index is 2.02. The van der Waals surface area contributed by atoms with Gasteiger partial charge in [0.2, 0.25) is 0 Å². The number of H-pyrrole nitrogens is 1. The monoisotopic (exact) mass is 358 g/mol. The number of phenols is 1. The summed E-state index contributed by atoms with van der Waals surface area (Å²) >= 11 is 5.45. The van der Waals surface area contributed by atoms with Crippen LogP contribution >= 0.6 is 12.2 Å². The van der Waals surface area contributed by atoms with Crippen molar-refractivity contribution in [1.29, 1.82) is 5.26 Å². The van der Waals surface area contributed by atoms with Crippen LogP contribution < -0.4 is 0 Å². The van der Waals surface area contributed by atoms with Crippen LogP contribution in [0.15, 0.2) is 54.6 Å². The Kier molecular flexibility index (Phi) is 3.79. The van der Waals surface area contributed by atoms with Crippen LogP contribution in [0.3, 0.4) is 0 Å². The van der Waals surface area contributed by atoms with E-state index in [1.165, 1.54) is 11.6 Å². The van der Waals surface area contributed by atoms with Gasteiger partial charge in [0.15, 0.2) is 10.6 Å². The molecule has 126 valence electrons. The van der Waals surface area contributed by atoms with Crippen LogP contribution in [0.2, 0.25) is 0 Å². The largest absolute Gasteiger partial charge is 0.507 e. The third-order valence-corrected chi connectivity index (χ3v) is 4.67. The second-order valence-electron chi connectivity index (χ2n) is 5.98. The fourth-order valence-electron chi connectivity index (χ4n) is 3.12. The molecule has 1 aromatic heterocycles. The molecule has 0 spiro atoms. The minimum Gasteiger partial charge on any atom is -0.507 e. The molecular formula is C20H14N4OS. The third-order valence-electron chi connectivity index (χ3n) is 4.40. The number of aromatic hydroxyl groups is 1. The highest BCUT2D eigenvalue weighted by atomic mass is 32.1. The number of aromatic nitrogens is 3. The summed E-state index contributed by atoms with van der Waals surface area (Å²) in [5, 5.41) is 28.7. The lowest BCUT2D eigenvalue weighted by Crippen LogP contribution is -2.00. The summed E-state index contributed by atoms with van der Waals surface area (Å²) in [6.45, 7) is 2.06. The van der Waals surface area contributed by atoms with Crippen molar-refractivity contribution in [3.05, 3.63) is 70.5 Å². The van der Waals surface area contributed by atoms with Crippen molar-refractivity contribution in [2.75, 3.05) is 0 Å². The summed E-state index contributed by atoms with van der Waals surface area (Å²) in [6, 6.07) is 18.9. The van der Waals surface area contributed by atoms with Crippen LogP contribution in [0.25, 0.3) is 27.8 Å². The van der Waals surface area contributed by atoms with Crippen LogP contribution in [0.1, 0.15) is 11.1 Å². The summed E-state index contributed by atoms with van der Waals surface area (Å²) in [6.07, 6.45) is 0. The molecule has 4 rings (SSSR count). The molecule has 4 aromatic rings. The molecule has 0 unspecified atom stereocenters. The zero-order valence-electron chi connectivity index (χ0n) is 13.9. The van der Waals surface area contributed by atoms with Crippen LogP contribution in [0.5, 0.6) is 5.75 Å². The van der Waals surface area contributed by atoms with Gasteiger partial charge in [-0.05, 0) is 54.4 Å². The maximum absolute atomic E-state index is 10.4. The number of benzene rings is 3. The lowest BCUT2D eigenvalue weighted by Gasteiger charge is -2.12. The van der Waals surface area contributed by atoms with Gasteiger partial charge in [0, 0.05) is 5.39 Å². The first-order valence-corrected chi connectivity index (χ1v) is 8.40. The van der Waals surface area contributed by atoms with Crippen molar-refractivity contribution in [2.45, 2.75) is 6.92 Å². The summed E-state index contributed by atoms with van der Waals surface area (Å²) in [4.78, 5) is 0. The molecule has 1 heterocycles. The van der Waals surface area contributed by atoms with Gasteiger partial charge in [0.1, 0.15) is 5.75 Å². The lowest BCUT2D eigenvalue weighted by atomic mass is 10.0. The highest BCUT2D eigenvalue weighted by Gasteiger charge is 2.16. The van der Waals surface area contributed by atoms with E-state index in [9.17, 15) is 5.11 Å². The number of nitrogens with zero attached hydrogens (tertiary/aromatic N) is 3. The smallest absolute Gasteiger partial charge is 0.200 e. The van der Waals surface area contributed by atoms with Crippen molar-refractivity contribution in [3.63, 3.8) is 0 Å². The fourth-order valence-corrected chi connectivity index (χ4v) is 3.35. The Morgan fingerprint density at radius 1 is 1.12 bits per heavy atom. The maximum Gasteiger partial charge on any atom is 0.200 e. The summed E-state index contributed by atoms with van der Waals surface area (Å²) in [7, 11) is 0. The van der Waals surface area contributed by atoms with E-state index in [0.29, 0.717) is 21.7 Å². The molecule has 0 saturated carbocycles. The highest BCUT2D eigenvalue weighted by Crippen LogP contribution is 2.33. The average molecular weight is 358 g/mol. The molecule has 0 aliphatic carbocycles. The molecule has 0 bridgehead atoms. The quantitative estimate of drug-likeness (QED) is 0.512. The van der Waals surface area contributed by atoms with Crippen LogP contribution in [-0.2, 0) is 0 Å². The number of phenolic OH excluding ortho intramolecular Hbond substituents is 1. The standard InChI is InChI=1S/C20H14N4OS/c1-12-6-9-17(15-5-3-2-4-14(12)15)24-19(22-23-20(24)26)16-8-7-13(11-21)10-18(16)25/h2-10,25H,1H3,(H,23,26). The molecule has 0 aliphatic rings. The van der Waals surface area contributed by atoms with Crippen molar-refractivity contribution in [1.82, 2.24) is 14.8 Å². The van der Waals surface area contributed by atoms with E-state index in [2.05, 4.69) is 23.2 Å². The first-order chi connectivity index (χ1) is 12.6. The SMILES string of the molecule is Cc1ccc(-n2c(-c3ccc(C#N)cc3O)n[nH]c2=S)c2ccccc12. The molecule has 0 saturated heterocycles. The number of hydrogen-bond acceptors (Lipinski definition) is 4. The maximum atomic E-state index is 10.4. The molecule has 5 nitrogen and oxygen atoms in total. The number of rotatable bonds is 2. The molecule has 26 heavy (non-hydrogen) atoms. The predicted molar refractivity (Wildman–Crippen MR) is 103 cm³/mol. The van der Waals surface area contributed by atoms with Crippen molar-refractivity contribution < 1.29 is 5.11 Å². The van der Waals surface area contributed by atoms with E-state index in [-0.39, 0.29) is 5.75 Å².